The molecule has 0 bridgehead atoms. The van der Waals surface area contributed by atoms with Gasteiger partial charge in [-0.3, -0.25) is 0 Å². The molecule has 0 unspecified atom stereocenters. The Morgan fingerprint density at radius 2 is 1.45 bits per heavy atom. The van der Waals surface area contributed by atoms with Gasteiger partial charge in [0.2, 0.25) is 0 Å². The molecule has 2 saturated carbocycles. The van der Waals surface area contributed by atoms with E-state index < -0.39 is 0 Å². The van der Waals surface area contributed by atoms with E-state index in [1.165, 1.54) is 49.8 Å². The van der Waals surface area contributed by atoms with Gasteiger partial charge in [-0.25, -0.2) is 0 Å². The minimum absolute atomic E-state index is 0.0569. The SMILES string of the molecule is CN(CCc1ccccc1)[C@H]1CC[C@]2(CC1)CN(c1ccccc1)CC1(CC1)O2. The van der Waals surface area contributed by atoms with Crippen molar-refractivity contribution < 1.29 is 4.74 Å². The third kappa shape index (κ3) is 4.22. The van der Waals surface area contributed by atoms with Crippen molar-refractivity contribution >= 4 is 5.69 Å². The third-order valence-electron chi connectivity index (χ3n) is 7.41. The number of nitrogens with zero attached hydrogens (tertiary/aromatic N) is 2. The van der Waals surface area contributed by atoms with Crippen LogP contribution in [0, 0.1) is 0 Å². The molecule has 5 rings (SSSR count). The summed E-state index contributed by atoms with van der Waals surface area (Å²) in [6.45, 7) is 3.26. The van der Waals surface area contributed by atoms with Gasteiger partial charge in [0, 0.05) is 31.4 Å². The van der Waals surface area contributed by atoms with E-state index in [0.29, 0.717) is 6.04 Å². The first-order valence-corrected chi connectivity index (χ1v) is 11.4. The fourth-order valence-corrected chi connectivity index (χ4v) is 5.46. The van der Waals surface area contributed by atoms with Crippen molar-refractivity contribution in [1.29, 1.82) is 0 Å². The normalized spacial score (nSPS) is 28.2. The van der Waals surface area contributed by atoms with Gasteiger partial charge in [0.25, 0.3) is 0 Å². The number of benzene rings is 2. The number of likely N-dealkylation sites (N-methyl/N-ethyl adjacent to an activating group) is 1. The highest BCUT2D eigenvalue weighted by Gasteiger charge is 2.56. The first-order chi connectivity index (χ1) is 14.2. The summed E-state index contributed by atoms with van der Waals surface area (Å²) in [4.78, 5) is 5.19. The van der Waals surface area contributed by atoms with Crippen molar-refractivity contribution in [2.45, 2.75) is 62.2 Å². The van der Waals surface area contributed by atoms with Gasteiger partial charge in [-0.05, 0) is 69.7 Å². The van der Waals surface area contributed by atoms with Crippen LogP contribution in [0.1, 0.15) is 44.1 Å². The van der Waals surface area contributed by atoms with Gasteiger partial charge in [0.15, 0.2) is 0 Å². The van der Waals surface area contributed by atoms with Crippen LogP contribution in [0.5, 0.6) is 0 Å². The fraction of sp³-hybridized carbons (Fsp3) is 0.538. The summed E-state index contributed by atoms with van der Waals surface area (Å²) in [5.41, 5.74) is 3.00. The van der Waals surface area contributed by atoms with Crippen LogP contribution in [-0.4, -0.2) is 48.8 Å². The van der Waals surface area contributed by atoms with Crippen molar-refractivity contribution in [1.82, 2.24) is 4.90 Å². The molecular formula is C26H34N2O. The van der Waals surface area contributed by atoms with E-state index in [4.69, 9.17) is 4.74 Å². The first kappa shape index (κ1) is 19.1. The van der Waals surface area contributed by atoms with Crippen LogP contribution in [0.25, 0.3) is 0 Å². The van der Waals surface area contributed by atoms with E-state index in [2.05, 4.69) is 77.5 Å². The highest BCUT2D eigenvalue weighted by Crippen LogP contribution is 2.51. The Morgan fingerprint density at radius 1 is 0.862 bits per heavy atom. The van der Waals surface area contributed by atoms with E-state index in [1.807, 2.05) is 0 Å². The summed E-state index contributed by atoms with van der Waals surface area (Å²) in [6, 6.07) is 22.5. The second kappa shape index (κ2) is 7.77. The minimum Gasteiger partial charge on any atom is -0.366 e. The first-order valence-electron chi connectivity index (χ1n) is 11.4. The molecule has 3 heteroatoms. The molecule has 3 nitrogen and oxygen atoms in total. The van der Waals surface area contributed by atoms with Gasteiger partial charge in [-0.1, -0.05) is 48.5 Å². The molecule has 3 fully saturated rings. The van der Waals surface area contributed by atoms with Crippen LogP contribution in [0.3, 0.4) is 0 Å². The largest absolute Gasteiger partial charge is 0.366 e. The molecule has 154 valence electrons. The average Bonchev–Trinajstić information content (AvgIpc) is 3.51. The lowest BCUT2D eigenvalue weighted by Crippen LogP contribution is -2.59. The summed E-state index contributed by atoms with van der Waals surface area (Å²) in [5.74, 6) is 0. The second-order valence-electron chi connectivity index (χ2n) is 9.61. The van der Waals surface area contributed by atoms with Gasteiger partial charge in [0.05, 0.1) is 11.2 Å². The molecule has 0 atom stereocenters. The molecule has 2 aliphatic carbocycles. The highest BCUT2D eigenvalue weighted by atomic mass is 16.5. The standard InChI is InChI=1S/C26H34N2O/c1-27(19-14-22-8-4-2-5-9-22)23-12-15-25(16-13-23)20-28(21-26(29-25)17-18-26)24-10-6-3-7-11-24/h2-11,23H,12-21H2,1H3/t23-,25-. The van der Waals surface area contributed by atoms with Crippen molar-refractivity contribution in [2.75, 3.05) is 31.6 Å². The van der Waals surface area contributed by atoms with Crippen LogP contribution in [0.2, 0.25) is 0 Å². The molecule has 2 aromatic rings. The minimum atomic E-state index is 0.0569. The van der Waals surface area contributed by atoms with Gasteiger partial charge in [-0.15, -0.1) is 0 Å². The number of morpholine rings is 1. The predicted molar refractivity (Wildman–Crippen MR) is 119 cm³/mol. The zero-order chi connectivity index (χ0) is 19.7. The highest BCUT2D eigenvalue weighted by molar-refractivity contribution is 5.48. The molecule has 2 spiro atoms. The lowest BCUT2D eigenvalue weighted by molar-refractivity contribution is -0.144. The number of hydrogen-bond acceptors (Lipinski definition) is 3. The van der Waals surface area contributed by atoms with Crippen molar-refractivity contribution in [2.24, 2.45) is 0 Å². The number of anilines is 1. The molecule has 3 aliphatic rings. The number of rotatable bonds is 5. The molecule has 1 heterocycles. The lowest BCUT2D eigenvalue weighted by Gasteiger charge is -2.51. The molecule has 1 aliphatic heterocycles. The molecule has 0 N–H and O–H groups in total. The number of para-hydroxylation sites is 1. The van der Waals surface area contributed by atoms with Crippen LogP contribution in [0.4, 0.5) is 5.69 Å². The Kier molecular flexibility index (Phi) is 5.13. The summed E-state index contributed by atoms with van der Waals surface area (Å²) >= 11 is 0. The van der Waals surface area contributed by atoms with Crippen LogP contribution >= 0.6 is 0 Å². The summed E-state index contributed by atoms with van der Waals surface area (Å²) in [7, 11) is 2.31. The Balaban J connectivity index is 1.21. The predicted octanol–water partition coefficient (Wildman–Crippen LogP) is 4.91. The maximum absolute atomic E-state index is 6.86. The Morgan fingerprint density at radius 3 is 2.07 bits per heavy atom. The van der Waals surface area contributed by atoms with Gasteiger partial charge >= 0.3 is 0 Å². The topological polar surface area (TPSA) is 15.7 Å². The Hall–Kier alpha value is -1.84. The molecular weight excluding hydrogens is 356 g/mol. The molecule has 0 radical (unpaired) electrons. The molecule has 29 heavy (non-hydrogen) atoms. The van der Waals surface area contributed by atoms with Gasteiger partial charge in [0.1, 0.15) is 0 Å². The zero-order valence-corrected chi connectivity index (χ0v) is 17.7. The van der Waals surface area contributed by atoms with E-state index in [1.54, 1.807) is 0 Å². The smallest absolute Gasteiger partial charge is 0.0867 e. The quantitative estimate of drug-likeness (QED) is 0.721. The third-order valence-corrected chi connectivity index (χ3v) is 7.41. The number of ether oxygens (including phenoxy) is 1. The van der Waals surface area contributed by atoms with Crippen molar-refractivity contribution in [3.8, 4) is 0 Å². The second-order valence-corrected chi connectivity index (χ2v) is 9.61. The van der Waals surface area contributed by atoms with Crippen LogP contribution < -0.4 is 4.90 Å². The Labute approximate surface area is 175 Å². The average molecular weight is 391 g/mol. The van der Waals surface area contributed by atoms with Crippen LogP contribution in [-0.2, 0) is 11.2 Å². The Bertz CT molecular complexity index is 794. The van der Waals surface area contributed by atoms with E-state index in [0.717, 1.165) is 26.1 Å². The molecule has 0 aromatic heterocycles. The van der Waals surface area contributed by atoms with Crippen LogP contribution in [0.15, 0.2) is 60.7 Å². The summed E-state index contributed by atoms with van der Waals surface area (Å²) < 4.78 is 6.86. The van der Waals surface area contributed by atoms with E-state index >= 15 is 0 Å². The van der Waals surface area contributed by atoms with Gasteiger partial charge in [-0.2, -0.15) is 0 Å². The maximum Gasteiger partial charge on any atom is 0.0867 e. The van der Waals surface area contributed by atoms with Gasteiger partial charge < -0.3 is 14.5 Å². The van der Waals surface area contributed by atoms with Crippen molar-refractivity contribution in [3.63, 3.8) is 0 Å². The lowest BCUT2D eigenvalue weighted by atomic mass is 9.79. The van der Waals surface area contributed by atoms with E-state index in [9.17, 15) is 0 Å². The van der Waals surface area contributed by atoms with Crippen molar-refractivity contribution in [3.05, 3.63) is 66.2 Å². The van der Waals surface area contributed by atoms with E-state index in [-0.39, 0.29) is 11.2 Å². The number of hydrogen-bond donors (Lipinski definition) is 0. The summed E-state index contributed by atoms with van der Waals surface area (Å²) in [6.07, 6.45) is 8.50. The fourth-order valence-electron chi connectivity index (χ4n) is 5.46. The zero-order valence-electron chi connectivity index (χ0n) is 17.7. The molecule has 0 amide bonds. The molecule has 1 saturated heterocycles. The maximum atomic E-state index is 6.86. The summed E-state index contributed by atoms with van der Waals surface area (Å²) in [5, 5.41) is 0. The molecule has 2 aromatic carbocycles. The monoisotopic (exact) mass is 390 g/mol.